The molecule has 0 aromatic heterocycles. The van der Waals surface area contributed by atoms with E-state index in [1.807, 2.05) is 26.0 Å². The van der Waals surface area contributed by atoms with E-state index in [2.05, 4.69) is 5.32 Å². The number of rotatable bonds is 1. The second-order valence-corrected chi connectivity index (χ2v) is 4.08. The molecule has 1 heterocycles. The van der Waals surface area contributed by atoms with Crippen molar-refractivity contribution in [3.8, 4) is 0 Å². The van der Waals surface area contributed by atoms with Gasteiger partial charge in [0, 0.05) is 12.2 Å². The third-order valence-corrected chi connectivity index (χ3v) is 3.18. The van der Waals surface area contributed by atoms with Gasteiger partial charge in [0.15, 0.2) is 0 Å². The SMILES string of the molecule is Cc1ccc2c(c1C)NCCC2C(=O)O. The van der Waals surface area contributed by atoms with Gasteiger partial charge in [0.1, 0.15) is 0 Å². The van der Waals surface area contributed by atoms with Crippen molar-refractivity contribution < 1.29 is 9.90 Å². The van der Waals surface area contributed by atoms with E-state index in [0.29, 0.717) is 6.42 Å². The lowest BCUT2D eigenvalue weighted by Gasteiger charge is -2.26. The molecule has 0 radical (unpaired) electrons. The number of hydrogen-bond acceptors (Lipinski definition) is 2. The molecule has 0 saturated carbocycles. The number of fused-ring (bicyclic) bond motifs is 1. The fourth-order valence-corrected chi connectivity index (χ4v) is 2.12. The molecule has 0 saturated heterocycles. The largest absolute Gasteiger partial charge is 0.481 e. The second kappa shape index (κ2) is 3.57. The van der Waals surface area contributed by atoms with Crippen LogP contribution in [0.2, 0.25) is 0 Å². The molecule has 0 spiro atoms. The summed E-state index contributed by atoms with van der Waals surface area (Å²) in [6, 6.07) is 3.93. The van der Waals surface area contributed by atoms with Crippen LogP contribution in [-0.4, -0.2) is 17.6 Å². The van der Waals surface area contributed by atoms with Gasteiger partial charge in [-0.3, -0.25) is 4.79 Å². The van der Waals surface area contributed by atoms with E-state index in [0.717, 1.165) is 17.8 Å². The van der Waals surface area contributed by atoms with Crippen LogP contribution >= 0.6 is 0 Å². The first-order valence-electron chi connectivity index (χ1n) is 5.18. The Kier molecular flexibility index (Phi) is 2.39. The number of anilines is 1. The highest BCUT2D eigenvalue weighted by Crippen LogP contribution is 2.35. The molecule has 0 amide bonds. The monoisotopic (exact) mass is 205 g/mol. The number of hydrogen-bond donors (Lipinski definition) is 2. The summed E-state index contributed by atoms with van der Waals surface area (Å²) in [7, 11) is 0. The van der Waals surface area contributed by atoms with Gasteiger partial charge in [0.25, 0.3) is 0 Å². The van der Waals surface area contributed by atoms with E-state index >= 15 is 0 Å². The van der Waals surface area contributed by atoms with Gasteiger partial charge in [-0.25, -0.2) is 0 Å². The summed E-state index contributed by atoms with van der Waals surface area (Å²) in [5.74, 6) is -1.07. The van der Waals surface area contributed by atoms with Crippen molar-refractivity contribution in [3.63, 3.8) is 0 Å². The molecule has 1 atom stereocenters. The maximum atomic E-state index is 11.1. The van der Waals surface area contributed by atoms with Crippen LogP contribution in [0.3, 0.4) is 0 Å². The Balaban J connectivity index is 2.54. The van der Waals surface area contributed by atoms with Crippen LogP contribution in [0.5, 0.6) is 0 Å². The summed E-state index contributed by atoms with van der Waals surface area (Å²) in [5, 5.41) is 12.4. The van der Waals surface area contributed by atoms with Crippen LogP contribution in [0.1, 0.15) is 29.0 Å². The number of carboxylic acids is 1. The van der Waals surface area contributed by atoms with Crippen LogP contribution in [0.4, 0.5) is 5.69 Å². The fraction of sp³-hybridized carbons (Fsp3) is 0.417. The summed E-state index contributed by atoms with van der Waals surface area (Å²) in [6.45, 7) is 4.82. The maximum absolute atomic E-state index is 11.1. The number of carbonyl (C=O) groups is 1. The average molecular weight is 205 g/mol. The molecule has 15 heavy (non-hydrogen) atoms. The van der Waals surface area contributed by atoms with E-state index in [4.69, 9.17) is 5.11 Å². The van der Waals surface area contributed by atoms with Crippen LogP contribution in [0, 0.1) is 13.8 Å². The predicted octanol–water partition coefficient (Wildman–Crippen LogP) is 2.29. The summed E-state index contributed by atoms with van der Waals surface area (Å²) in [4.78, 5) is 11.1. The Labute approximate surface area is 89.1 Å². The number of nitrogens with one attached hydrogen (secondary N) is 1. The van der Waals surface area contributed by atoms with Crippen LogP contribution in [-0.2, 0) is 4.79 Å². The normalized spacial score (nSPS) is 19.2. The van der Waals surface area contributed by atoms with E-state index in [1.54, 1.807) is 0 Å². The highest BCUT2D eigenvalue weighted by atomic mass is 16.4. The number of aliphatic carboxylic acids is 1. The lowest BCUT2D eigenvalue weighted by atomic mass is 9.88. The summed E-state index contributed by atoms with van der Waals surface area (Å²) >= 11 is 0. The summed E-state index contributed by atoms with van der Waals surface area (Å²) in [6.07, 6.45) is 0.671. The van der Waals surface area contributed by atoms with Gasteiger partial charge in [0.2, 0.25) is 0 Å². The van der Waals surface area contributed by atoms with Crippen LogP contribution in [0.25, 0.3) is 0 Å². The van der Waals surface area contributed by atoms with Crippen molar-refractivity contribution in [2.45, 2.75) is 26.2 Å². The van der Waals surface area contributed by atoms with Crippen molar-refractivity contribution >= 4 is 11.7 Å². The molecule has 0 aliphatic carbocycles. The smallest absolute Gasteiger partial charge is 0.311 e. The molecule has 2 rings (SSSR count). The quantitative estimate of drug-likeness (QED) is 0.739. The molecular weight excluding hydrogens is 190 g/mol. The molecule has 1 aromatic rings. The second-order valence-electron chi connectivity index (χ2n) is 4.08. The van der Waals surface area contributed by atoms with Gasteiger partial charge in [-0.2, -0.15) is 0 Å². The average Bonchev–Trinajstić information content (AvgIpc) is 2.23. The Hall–Kier alpha value is -1.51. The zero-order valence-electron chi connectivity index (χ0n) is 9.00. The van der Waals surface area contributed by atoms with Gasteiger partial charge >= 0.3 is 5.97 Å². The zero-order valence-corrected chi connectivity index (χ0v) is 9.00. The molecule has 80 valence electrons. The van der Waals surface area contributed by atoms with Crippen molar-refractivity contribution in [1.82, 2.24) is 0 Å². The number of aryl methyl sites for hydroxylation is 1. The minimum absolute atomic E-state index is 0.347. The maximum Gasteiger partial charge on any atom is 0.311 e. The minimum atomic E-state index is -0.721. The minimum Gasteiger partial charge on any atom is -0.481 e. The van der Waals surface area contributed by atoms with E-state index < -0.39 is 5.97 Å². The Morgan fingerprint density at radius 3 is 2.87 bits per heavy atom. The molecule has 1 aliphatic rings. The predicted molar refractivity (Wildman–Crippen MR) is 59.4 cm³/mol. The van der Waals surface area contributed by atoms with Gasteiger partial charge in [-0.05, 0) is 37.0 Å². The lowest BCUT2D eigenvalue weighted by molar-refractivity contribution is -0.138. The highest BCUT2D eigenvalue weighted by Gasteiger charge is 2.26. The lowest BCUT2D eigenvalue weighted by Crippen LogP contribution is -2.23. The first-order valence-corrected chi connectivity index (χ1v) is 5.18. The van der Waals surface area contributed by atoms with Gasteiger partial charge in [-0.1, -0.05) is 12.1 Å². The molecule has 1 aliphatic heterocycles. The number of carboxylic acid groups (broad SMARTS) is 1. The zero-order chi connectivity index (χ0) is 11.0. The molecule has 2 N–H and O–H groups in total. The van der Waals surface area contributed by atoms with Crippen molar-refractivity contribution in [2.75, 3.05) is 11.9 Å². The van der Waals surface area contributed by atoms with E-state index in [1.165, 1.54) is 11.1 Å². The Morgan fingerprint density at radius 1 is 1.47 bits per heavy atom. The topological polar surface area (TPSA) is 49.3 Å². The third-order valence-electron chi connectivity index (χ3n) is 3.18. The van der Waals surface area contributed by atoms with Gasteiger partial charge in [-0.15, -0.1) is 0 Å². The van der Waals surface area contributed by atoms with Crippen molar-refractivity contribution in [1.29, 1.82) is 0 Å². The standard InChI is InChI=1S/C12H15NO2/c1-7-3-4-9-10(12(14)15)5-6-13-11(9)8(7)2/h3-4,10,13H,5-6H2,1-2H3,(H,14,15). The first-order chi connectivity index (χ1) is 7.11. The molecule has 0 fully saturated rings. The van der Waals surface area contributed by atoms with Gasteiger partial charge < -0.3 is 10.4 Å². The molecule has 1 unspecified atom stereocenters. The summed E-state index contributed by atoms with van der Waals surface area (Å²) in [5.41, 5.74) is 4.32. The van der Waals surface area contributed by atoms with Crippen molar-refractivity contribution in [3.05, 3.63) is 28.8 Å². The first kappa shape index (κ1) is 10.0. The van der Waals surface area contributed by atoms with Gasteiger partial charge in [0.05, 0.1) is 5.92 Å². The third kappa shape index (κ3) is 1.58. The van der Waals surface area contributed by atoms with Crippen LogP contribution in [0.15, 0.2) is 12.1 Å². The molecule has 0 bridgehead atoms. The Morgan fingerprint density at radius 2 is 2.20 bits per heavy atom. The Bertz CT molecular complexity index is 412. The summed E-state index contributed by atoms with van der Waals surface area (Å²) < 4.78 is 0. The molecule has 1 aromatic carbocycles. The molecule has 3 nitrogen and oxygen atoms in total. The molecular formula is C12H15NO2. The number of benzene rings is 1. The van der Waals surface area contributed by atoms with E-state index in [-0.39, 0.29) is 5.92 Å². The van der Waals surface area contributed by atoms with Crippen LogP contribution < -0.4 is 5.32 Å². The van der Waals surface area contributed by atoms with Crippen molar-refractivity contribution in [2.24, 2.45) is 0 Å². The molecule has 3 heteroatoms. The highest BCUT2D eigenvalue weighted by molar-refractivity contribution is 5.81. The van der Waals surface area contributed by atoms with E-state index in [9.17, 15) is 4.79 Å². The fourth-order valence-electron chi connectivity index (χ4n) is 2.12.